The van der Waals surface area contributed by atoms with E-state index < -0.39 is 7.12 Å². The molecule has 2 aromatic carbocycles. The number of hydrogen-bond acceptors (Lipinski definition) is 10. The quantitative estimate of drug-likeness (QED) is 0.228. The van der Waals surface area contributed by atoms with E-state index in [-0.39, 0.29) is 11.9 Å². The fraction of sp³-hybridized carbons (Fsp3) is 0.231. The highest BCUT2D eigenvalue weighted by Crippen LogP contribution is 2.28. The van der Waals surface area contributed by atoms with E-state index in [0.717, 1.165) is 21.7 Å². The summed E-state index contributed by atoms with van der Waals surface area (Å²) in [5.41, 5.74) is 3.69. The van der Waals surface area contributed by atoms with Gasteiger partial charge in [0.2, 0.25) is 0 Å². The van der Waals surface area contributed by atoms with Crippen LogP contribution in [0.3, 0.4) is 0 Å². The van der Waals surface area contributed by atoms with Crippen molar-refractivity contribution in [2.75, 3.05) is 13.2 Å². The lowest BCUT2D eigenvalue weighted by Gasteiger charge is -2.01. The summed E-state index contributed by atoms with van der Waals surface area (Å²) in [6.07, 6.45) is 3.07. The van der Waals surface area contributed by atoms with Crippen LogP contribution in [-0.2, 0) is 9.47 Å². The standard InChI is InChI=1S/C13H13NO2S.C7H9BO2.C6H6BrNO2S/c1-3-16-13(15)11-8-14-12(17-11)10-7-5-4-6-9(10)2;1-6-4-2-3-5-7(6)8(9)10;1-2-10-5(9)4-3-8-6(7)11-4/h4-8H,3H2,1-2H3;2-5,9-10H,1H3;3H,2H2,1H3. The normalized spacial score (nSPS) is 9.87. The number of thiazole rings is 2. The van der Waals surface area contributed by atoms with Gasteiger partial charge in [-0.3, -0.25) is 0 Å². The molecule has 200 valence electrons. The third kappa shape index (κ3) is 9.77. The van der Waals surface area contributed by atoms with Crippen molar-refractivity contribution in [1.82, 2.24) is 9.97 Å². The second-order valence-electron chi connectivity index (χ2n) is 7.49. The smallest absolute Gasteiger partial charge is 0.462 e. The van der Waals surface area contributed by atoms with Crippen LogP contribution in [0.5, 0.6) is 0 Å². The van der Waals surface area contributed by atoms with Gasteiger partial charge in [0.15, 0.2) is 3.92 Å². The monoisotopic (exact) mass is 618 g/mol. The van der Waals surface area contributed by atoms with E-state index >= 15 is 0 Å². The van der Waals surface area contributed by atoms with Gasteiger partial charge in [-0.2, -0.15) is 0 Å². The number of halogens is 1. The summed E-state index contributed by atoms with van der Waals surface area (Å²) in [5, 5.41) is 18.4. The van der Waals surface area contributed by atoms with Crippen LogP contribution in [0.15, 0.2) is 64.8 Å². The largest absolute Gasteiger partial charge is 0.488 e. The first-order chi connectivity index (χ1) is 18.2. The van der Waals surface area contributed by atoms with Crippen molar-refractivity contribution in [3.05, 3.63) is 85.7 Å². The number of carbonyl (C=O) groups is 2. The fourth-order valence-electron chi connectivity index (χ4n) is 2.93. The lowest BCUT2D eigenvalue weighted by atomic mass is 9.77. The van der Waals surface area contributed by atoms with Gasteiger partial charge in [-0.15, -0.1) is 22.7 Å². The zero-order valence-corrected chi connectivity index (χ0v) is 24.6. The summed E-state index contributed by atoms with van der Waals surface area (Å²) in [6, 6.07) is 15.2. The van der Waals surface area contributed by atoms with E-state index in [2.05, 4.69) is 25.9 Å². The van der Waals surface area contributed by atoms with E-state index in [0.29, 0.717) is 32.3 Å². The minimum atomic E-state index is -1.35. The Morgan fingerprint density at radius 3 is 1.84 bits per heavy atom. The number of nitrogens with zero attached hydrogens (tertiary/aromatic N) is 2. The van der Waals surface area contributed by atoms with Crippen LogP contribution >= 0.6 is 38.6 Å². The Morgan fingerprint density at radius 1 is 0.842 bits per heavy atom. The van der Waals surface area contributed by atoms with Gasteiger partial charge in [0.1, 0.15) is 14.8 Å². The van der Waals surface area contributed by atoms with Crippen molar-refractivity contribution in [1.29, 1.82) is 0 Å². The van der Waals surface area contributed by atoms with Crippen molar-refractivity contribution in [3.63, 3.8) is 0 Å². The van der Waals surface area contributed by atoms with Crippen LogP contribution in [0.4, 0.5) is 0 Å². The summed E-state index contributed by atoms with van der Waals surface area (Å²) in [5.74, 6) is -0.611. The first-order valence-corrected chi connectivity index (χ1v) is 14.0. The van der Waals surface area contributed by atoms with Crippen molar-refractivity contribution in [2.45, 2.75) is 27.7 Å². The number of aryl methyl sites for hydroxylation is 2. The number of ether oxygens (including phenoxy) is 2. The molecule has 4 aromatic rings. The molecule has 0 saturated heterocycles. The zero-order chi connectivity index (χ0) is 28.1. The molecule has 2 heterocycles. The van der Waals surface area contributed by atoms with E-state index in [1.54, 1.807) is 32.2 Å². The predicted octanol–water partition coefficient (Wildman–Crippen LogP) is 5.05. The molecule has 0 atom stereocenters. The van der Waals surface area contributed by atoms with Gasteiger partial charge in [-0.25, -0.2) is 19.6 Å². The third-order valence-corrected chi connectivity index (χ3v) is 7.25. The maximum absolute atomic E-state index is 11.5. The second kappa shape index (κ2) is 16.2. The Labute approximate surface area is 238 Å². The molecule has 0 saturated carbocycles. The number of esters is 2. The summed E-state index contributed by atoms with van der Waals surface area (Å²) in [4.78, 5) is 31.7. The highest BCUT2D eigenvalue weighted by Gasteiger charge is 2.13. The summed E-state index contributed by atoms with van der Waals surface area (Å²) >= 11 is 5.78. The van der Waals surface area contributed by atoms with Gasteiger partial charge in [-0.05, 0) is 54.7 Å². The molecule has 2 N–H and O–H groups in total. The SMILES string of the molecule is CCOC(=O)c1cnc(-c2ccccc2C)s1.CCOC(=O)c1cnc(Br)s1.Cc1ccccc1B(O)O. The van der Waals surface area contributed by atoms with E-state index in [1.165, 1.54) is 28.9 Å². The number of rotatable bonds is 6. The van der Waals surface area contributed by atoms with E-state index in [9.17, 15) is 9.59 Å². The Morgan fingerprint density at radius 2 is 1.37 bits per heavy atom. The van der Waals surface area contributed by atoms with E-state index in [1.807, 2.05) is 50.2 Å². The first kappa shape index (κ1) is 31.3. The van der Waals surface area contributed by atoms with E-state index in [4.69, 9.17) is 19.5 Å². The van der Waals surface area contributed by atoms with Gasteiger partial charge in [-0.1, -0.05) is 54.1 Å². The molecular formula is C26H28BBrN2O6S2. The fourth-order valence-corrected chi connectivity index (χ4v) is 4.99. The molecule has 0 radical (unpaired) electrons. The molecule has 8 nitrogen and oxygen atoms in total. The van der Waals surface area contributed by atoms with Crippen LogP contribution in [-0.4, -0.2) is 52.3 Å². The molecule has 0 amide bonds. The molecule has 4 rings (SSSR count). The van der Waals surface area contributed by atoms with Crippen LogP contribution < -0.4 is 5.46 Å². The lowest BCUT2D eigenvalue weighted by molar-refractivity contribution is 0.0522. The van der Waals surface area contributed by atoms with Crippen molar-refractivity contribution in [3.8, 4) is 10.6 Å². The molecule has 0 aliphatic rings. The topological polar surface area (TPSA) is 119 Å². The Bertz CT molecular complexity index is 1330. The van der Waals surface area contributed by atoms with Crippen LogP contribution in [0, 0.1) is 13.8 Å². The second-order valence-corrected chi connectivity index (χ2v) is 10.8. The number of hydrogen-bond donors (Lipinski definition) is 2. The molecule has 0 aliphatic heterocycles. The number of aromatic nitrogens is 2. The maximum atomic E-state index is 11.5. The van der Waals surface area contributed by atoms with Crippen LogP contribution in [0.1, 0.15) is 44.3 Å². The van der Waals surface area contributed by atoms with Gasteiger partial charge in [0, 0.05) is 5.56 Å². The molecule has 0 fully saturated rings. The number of carbonyl (C=O) groups excluding carboxylic acids is 2. The molecule has 0 aliphatic carbocycles. The number of benzene rings is 2. The highest BCUT2D eigenvalue weighted by molar-refractivity contribution is 9.11. The Kier molecular flexibility index (Phi) is 13.3. The lowest BCUT2D eigenvalue weighted by Crippen LogP contribution is -2.31. The summed E-state index contributed by atoms with van der Waals surface area (Å²) in [6.45, 7) is 8.22. The minimum Gasteiger partial charge on any atom is -0.462 e. The third-order valence-electron chi connectivity index (χ3n) is 4.78. The average molecular weight is 619 g/mol. The molecule has 0 bridgehead atoms. The zero-order valence-electron chi connectivity index (χ0n) is 21.4. The minimum absolute atomic E-state index is 0.301. The maximum Gasteiger partial charge on any atom is 0.488 e. The van der Waals surface area contributed by atoms with Crippen LogP contribution in [0.2, 0.25) is 0 Å². The molecule has 38 heavy (non-hydrogen) atoms. The molecular weight excluding hydrogens is 591 g/mol. The predicted molar refractivity (Wildman–Crippen MR) is 155 cm³/mol. The van der Waals surface area contributed by atoms with Gasteiger partial charge < -0.3 is 19.5 Å². The molecule has 12 heteroatoms. The Balaban J connectivity index is 0.000000211. The van der Waals surface area contributed by atoms with Gasteiger partial charge in [0.05, 0.1) is 25.6 Å². The summed E-state index contributed by atoms with van der Waals surface area (Å²) in [7, 11) is -1.35. The molecule has 2 aromatic heterocycles. The summed E-state index contributed by atoms with van der Waals surface area (Å²) < 4.78 is 10.4. The molecule has 0 spiro atoms. The highest BCUT2D eigenvalue weighted by atomic mass is 79.9. The van der Waals surface area contributed by atoms with Crippen molar-refractivity contribution in [2.24, 2.45) is 0 Å². The van der Waals surface area contributed by atoms with Gasteiger partial charge in [0.25, 0.3) is 0 Å². The Hall–Kier alpha value is -2.90. The average Bonchev–Trinajstić information content (AvgIpc) is 3.55. The first-order valence-electron chi connectivity index (χ1n) is 11.6. The molecule has 0 unspecified atom stereocenters. The van der Waals surface area contributed by atoms with Crippen LogP contribution in [0.25, 0.3) is 10.6 Å². The van der Waals surface area contributed by atoms with Crippen molar-refractivity contribution >= 4 is 63.1 Å². The van der Waals surface area contributed by atoms with Gasteiger partial charge >= 0.3 is 19.1 Å². The van der Waals surface area contributed by atoms with Crippen molar-refractivity contribution < 1.29 is 29.1 Å².